The van der Waals surface area contributed by atoms with Crippen LogP contribution in [0, 0.1) is 0 Å². The predicted molar refractivity (Wildman–Crippen MR) is 89.5 cm³/mol. The van der Waals surface area contributed by atoms with Gasteiger partial charge in [-0.05, 0) is 29.3 Å². The molecule has 0 unspecified atom stereocenters. The van der Waals surface area contributed by atoms with Gasteiger partial charge in [0, 0.05) is 32.2 Å². The van der Waals surface area contributed by atoms with Gasteiger partial charge in [0.05, 0.1) is 10.2 Å². The Labute approximate surface area is 134 Å². The van der Waals surface area contributed by atoms with Gasteiger partial charge in [-0.3, -0.25) is 0 Å². The third-order valence-electron chi connectivity index (χ3n) is 3.04. The van der Waals surface area contributed by atoms with Crippen LogP contribution in [-0.4, -0.2) is 30.2 Å². The first-order valence-corrected chi connectivity index (χ1v) is 7.90. The standard InChI is InChI=1S/C16H20BrN3O/c1-3-18-16-14(17)15(12-8-5-4-6-9-12)19-13(20-16)10-7-11-21-2/h4-6,8-9H,3,7,10-11H2,1-2H3,(H,18,19,20). The average molecular weight is 350 g/mol. The molecule has 0 spiro atoms. The molecule has 0 aliphatic heterocycles. The van der Waals surface area contributed by atoms with Gasteiger partial charge in [-0.15, -0.1) is 0 Å². The summed E-state index contributed by atoms with van der Waals surface area (Å²) in [5.41, 5.74) is 2.01. The van der Waals surface area contributed by atoms with Gasteiger partial charge in [-0.25, -0.2) is 9.97 Å². The molecule has 1 aromatic heterocycles. The highest BCUT2D eigenvalue weighted by Gasteiger charge is 2.13. The molecule has 2 rings (SSSR count). The summed E-state index contributed by atoms with van der Waals surface area (Å²) >= 11 is 3.62. The molecule has 0 radical (unpaired) electrons. The molecule has 0 saturated heterocycles. The van der Waals surface area contributed by atoms with E-state index >= 15 is 0 Å². The summed E-state index contributed by atoms with van der Waals surface area (Å²) in [6.45, 7) is 3.60. The van der Waals surface area contributed by atoms with Crippen LogP contribution in [0.1, 0.15) is 19.2 Å². The highest BCUT2D eigenvalue weighted by atomic mass is 79.9. The van der Waals surface area contributed by atoms with E-state index in [0.717, 1.165) is 53.4 Å². The van der Waals surface area contributed by atoms with Crippen molar-refractivity contribution in [1.29, 1.82) is 0 Å². The van der Waals surface area contributed by atoms with Crippen LogP contribution >= 0.6 is 15.9 Å². The first kappa shape index (κ1) is 15.9. The van der Waals surface area contributed by atoms with Gasteiger partial charge < -0.3 is 10.1 Å². The maximum absolute atomic E-state index is 5.10. The number of rotatable bonds is 7. The van der Waals surface area contributed by atoms with Gasteiger partial charge in [0.15, 0.2) is 0 Å². The number of ether oxygens (including phenoxy) is 1. The highest BCUT2D eigenvalue weighted by Crippen LogP contribution is 2.31. The van der Waals surface area contributed by atoms with Gasteiger partial charge in [0.1, 0.15) is 11.6 Å². The molecule has 112 valence electrons. The van der Waals surface area contributed by atoms with E-state index in [4.69, 9.17) is 9.72 Å². The average Bonchev–Trinajstić information content (AvgIpc) is 2.51. The fraction of sp³-hybridized carbons (Fsp3) is 0.375. The second-order valence-corrected chi connectivity index (χ2v) is 5.44. The fourth-order valence-corrected chi connectivity index (χ4v) is 2.60. The molecular formula is C16H20BrN3O. The van der Waals surface area contributed by atoms with Crippen molar-refractivity contribution in [2.75, 3.05) is 25.6 Å². The zero-order valence-electron chi connectivity index (χ0n) is 12.4. The Kier molecular flexibility index (Phi) is 6.14. The van der Waals surface area contributed by atoms with E-state index in [-0.39, 0.29) is 0 Å². The third-order valence-corrected chi connectivity index (χ3v) is 3.79. The summed E-state index contributed by atoms with van der Waals surface area (Å²) in [6, 6.07) is 10.1. The highest BCUT2D eigenvalue weighted by molar-refractivity contribution is 9.10. The van der Waals surface area contributed by atoms with Crippen molar-refractivity contribution in [2.45, 2.75) is 19.8 Å². The Morgan fingerprint density at radius 3 is 2.62 bits per heavy atom. The monoisotopic (exact) mass is 349 g/mol. The van der Waals surface area contributed by atoms with Crippen molar-refractivity contribution in [3.63, 3.8) is 0 Å². The van der Waals surface area contributed by atoms with Gasteiger partial charge in [0.25, 0.3) is 0 Å². The number of nitrogens with one attached hydrogen (secondary N) is 1. The summed E-state index contributed by atoms with van der Waals surface area (Å²) in [5, 5.41) is 3.29. The molecule has 0 bridgehead atoms. The molecule has 5 heteroatoms. The number of benzene rings is 1. The summed E-state index contributed by atoms with van der Waals surface area (Å²) in [6.07, 6.45) is 1.72. The molecule has 0 saturated carbocycles. The molecule has 1 heterocycles. The van der Waals surface area contributed by atoms with Crippen molar-refractivity contribution >= 4 is 21.7 Å². The zero-order valence-corrected chi connectivity index (χ0v) is 14.0. The normalized spacial score (nSPS) is 10.6. The second kappa shape index (κ2) is 8.10. The maximum atomic E-state index is 5.10. The summed E-state index contributed by atoms with van der Waals surface area (Å²) in [4.78, 5) is 9.30. The Bertz CT molecular complexity index is 575. The number of hydrogen-bond acceptors (Lipinski definition) is 4. The van der Waals surface area contributed by atoms with Crippen LogP contribution in [0.2, 0.25) is 0 Å². The molecule has 2 aromatic rings. The van der Waals surface area contributed by atoms with Gasteiger partial charge in [-0.1, -0.05) is 30.3 Å². The number of hydrogen-bond donors (Lipinski definition) is 1. The number of aromatic nitrogens is 2. The summed E-state index contributed by atoms with van der Waals surface area (Å²) < 4.78 is 6.01. The van der Waals surface area contributed by atoms with Crippen molar-refractivity contribution in [2.24, 2.45) is 0 Å². The van der Waals surface area contributed by atoms with E-state index in [9.17, 15) is 0 Å². The molecule has 1 aromatic carbocycles. The Morgan fingerprint density at radius 1 is 1.19 bits per heavy atom. The lowest BCUT2D eigenvalue weighted by Gasteiger charge is -2.12. The Hall–Kier alpha value is -1.46. The third kappa shape index (κ3) is 4.25. The number of aryl methyl sites for hydroxylation is 1. The lowest BCUT2D eigenvalue weighted by atomic mass is 10.1. The fourth-order valence-electron chi connectivity index (χ4n) is 2.05. The lowest BCUT2D eigenvalue weighted by Crippen LogP contribution is -2.07. The Morgan fingerprint density at radius 2 is 1.95 bits per heavy atom. The minimum absolute atomic E-state index is 0.719. The molecule has 4 nitrogen and oxygen atoms in total. The van der Waals surface area contributed by atoms with E-state index in [1.54, 1.807) is 7.11 Å². The predicted octanol–water partition coefficient (Wildman–Crippen LogP) is 3.92. The van der Waals surface area contributed by atoms with Crippen LogP contribution < -0.4 is 5.32 Å². The van der Waals surface area contributed by atoms with Crippen molar-refractivity contribution < 1.29 is 4.74 Å². The molecule has 0 amide bonds. The van der Waals surface area contributed by atoms with E-state index in [0.29, 0.717) is 0 Å². The van der Waals surface area contributed by atoms with Gasteiger partial charge in [-0.2, -0.15) is 0 Å². The van der Waals surface area contributed by atoms with E-state index in [2.05, 4.69) is 45.3 Å². The number of halogens is 1. The number of anilines is 1. The van der Waals surface area contributed by atoms with Crippen molar-refractivity contribution in [3.8, 4) is 11.3 Å². The van der Waals surface area contributed by atoms with Gasteiger partial charge >= 0.3 is 0 Å². The largest absolute Gasteiger partial charge is 0.385 e. The summed E-state index contributed by atoms with van der Waals surface area (Å²) in [5.74, 6) is 1.68. The quantitative estimate of drug-likeness (QED) is 0.769. The molecule has 0 fully saturated rings. The molecule has 1 N–H and O–H groups in total. The minimum atomic E-state index is 0.719. The molecule has 21 heavy (non-hydrogen) atoms. The molecular weight excluding hydrogens is 330 g/mol. The van der Waals surface area contributed by atoms with Crippen LogP contribution in [-0.2, 0) is 11.2 Å². The maximum Gasteiger partial charge on any atom is 0.144 e. The Balaban J connectivity index is 2.37. The molecule has 0 aliphatic carbocycles. The first-order valence-electron chi connectivity index (χ1n) is 7.11. The van der Waals surface area contributed by atoms with Gasteiger partial charge in [0.2, 0.25) is 0 Å². The minimum Gasteiger partial charge on any atom is -0.385 e. The number of nitrogens with zero attached hydrogens (tertiary/aromatic N) is 2. The SMILES string of the molecule is CCNc1nc(CCCOC)nc(-c2ccccc2)c1Br. The lowest BCUT2D eigenvalue weighted by molar-refractivity contribution is 0.194. The first-order chi connectivity index (χ1) is 10.3. The molecule has 0 atom stereocenters. The zero-order chi connectivity index (χ0) is 15.1. The van der Waals surface area contributed by atoms with Crippen molar-refractivity contribution in [3.05, 3.63) is 40.6 Å². The smallest absolute Gasteiger partial charge is 0.144 e. The van der Waals surface area contributed by atoms with Crippen LogP contribution in [0.15, 0.2) is 34.8 Å². The van der Waals surface area contributed by atoms with Crippen LogP contribution in [0.3, 0.4) is 0 Å². The van der Waals surface area contributed by atoms with E-state index in [1.807, 2.05) is 18.2 Å². The van der Waals surface area contributed by atoms with Crippen LogP contribution in [0.5, 0.6) is 0 Å². The van der Waals surface area contributed by atoms with Crippen LogP contribution in [0.25, 0.3) is 11.3 Å². The van der Waals surface area contributed by atoms with Crippen molar-refractivity contribution in [1.82, 2.24) is 9.97 Å². The second-order valence-electron chi connectivity index (χ2n) is 4.64. The van der Waals surface area contributed by atoms with Crippen LogP contribution in [0.4, 0.5) is 5.82 Å². The van der Waals surface area contributed by atoms with E-state index in [1.165, 1.54) is 0 Å². The topological polar surface area (TPSA) is 47.0 Å². The number of methoxy groups -OCH3 is 1. The summed E-state index contributed by atoms with van der Waals surface area (Å²) in [7, 11) is 1.71. The van der Waals surface area contributed by atoms with E-state index < -0.39 is 0 Å². The molecule has 0 aliphatic rings.